The number of halogens is 1. The van der Waals surface area contributed by atoms with Crippen LogP contribution in [0.4, 0.5) is 0 Å². The number of fused-ring (bicyclic) bond motifs is 1. The maximum absolute atomic E-state index is 6.45. The smallest absolute Gasteiger partial charge is 0.123 e. The molecule has 3 unspecified atom stereocenters. The lowest BCUT2D eigenvalue weighted by Gasteiger charge is -2.17. The highest BCUT2D eigenvalue weighted by atomic mass is 35.5. The zero-order valence-corrected chi connectivity index (χ0v) is 10.9. The maximum atomic E-state index is 6.45. The molecule has 0 amide bonds. The average Bonchev–Trinajstić information content (AvgIpc) is 2.65. The highest BCUT2D eigenvalue weighted by Crippen LogP contribution is 2.36. The summed E-state index contributed by atoms with van der Waals surface area (Å²) in [5.74, 6) is 1.55. The first-order valence-electron chi connectivity index (χ1n) is 6.05. The van der Waals surface area contributed by atoms with Crippen molar-refractivity contribution in [2.45, 2.75) is 45.1 Å². The van der Waals surface area contributed by atoms with Crippen LogP contribution >= 0.6 is 11.6 Å². The van der Waals surface area contributed by atoms with Gasteiger partial charge in [-0.3, -0.25) is 0 Å². The van der Waals surface area contributed by atoms with E-state index in [1.54, 1.807) is 0 Å². The van der Waals surface area contributed by atoms with Crippen molar-refractivity contribution in [2.75, 3.05) is 0 Å². The largest absolute Gasteiger partial charge is 0.490 e. The molecule has 1 aliphatic heterocycles. The highest BCUT2D eigenvalue weighted by Gasteiger charge is 2.22. The minimum absolute atomic E-state index is 0.117. The summed E-state index contributed by atoms with van der Waals surface area (Å²) in [7, 11) is 0. The second-order valence-electron chi connectivity index (χ2n) is 4.79. The van der Waals surface area contributed by atoms with Crippen molar-refractivity contribution >= 4 is 11.6 Å². The summed E-state index contributed by atoms with van der Waals surface area (Å²) in [5.41, 5.74) is 2.53. The Balaban J connectivity index is 2.22. The van der Waals surface area contributed by atoms with Gasteiger partial charge in [0, 0.05) is 6.42 Å². The van der Waals surface area contributed by atoms with E-state index < -0.39 is 0 Å². The monoisotopic (exact) mass is 238 g/mol. The van der Waals surface area contributed by atoms with Crippen molar-refractivity contribution in [1.29, 1.82) is 0 Å². The molecular formula is C14H19ClO. The summed E-state index contributed by atoms with van der Waals surface area (Å²) in [6.45, 7) is 6.48. The third kappa shape index (κ3) is 2.20. The number of alkyl halides is 1. The minimum atomic E-state index is 0.117. The molecule has 3 atom stereocenters. The highest BCUT2D eigenvalue weighted by molar-refractivity contribution is 6.21. The minimum Gasteiger partial charge on any atom is -0.490 e. The van der Waals surface area contributed by atoms with E-state index in [9.17, 15) is 0 Å². The third-order valence-electron chi connectivity index (χ3n) is 3.38. The van der Waals surface area contributed by atoms with Crippen LogP contribution in [0.1, 0.15) is 43.7 Å². The molecule has 0 radical (unpaired) electrons. The van der Waals surface area contributed by atoms with Gasteiger partial charge in [-0.05, 0) is 30.0 Å². The van der Waals surface area contributed by atoms with Gasteiger partial charge in [-0.15, -0.1) is 11.6 Å². The molecular weight excluding hydrogens is 220 g/mol. The van der Waals surface area contributed by atoms with E-state index in [1.807, 2.05) is 0 Å². The van der Waals surface area contributed by atoms with Crippen LogP contribution in [0.15, 0.2) is 18.2 Å². The van der Waals surface area contributed by atoms with Gasteiger partial charge in [0.05, 0.1) is 5.38 Å². The van der Waals surface area contributed by atoms with Gasteiger partial charge in [0.1, 0.15) is 11.9 Å². The number of rotatable bonds is 3. The van der Waals surface area contributed by atoms with Gasteiger partial charge in [0.15, 0.2) is 0 Å². The lowest BCUT2D eigenvalue weighted by atomic mass is 9.96. The molecule has 0 saturated heterocycles. The first-order valence-corrected chi connectivity index (χ1v) is 6.49. The van der Waals surface area contributed by atoms with E-state index in [0.29, 0.717) is 12.0 Å². The molecule has 16 heavy (non-hydrogen) atoms. The SMILES string of the molecule is CCC(C)C(Cl)c1ccc2c(c1)CC(C)O2. The van der Waals surface area contributed by atoms with Crippen LogP contribution in [0.25, 0.3) is 0 Å². The molecule has 2 heteroatoms. The van der Waals surface area contributed by atoms with Crippen molar-refractivity contribution in [1.82, 2.24) is 0 Å². The lowest BCUT2D eigenvalue weighted by Crippen LogP contribution is -2.05. The predicted octanol–water partition coefficient (Wildman–Crippen LogP) is 4.34. The first kappa shape index (κ1) is 11.8. The molecule has 0 aromatic heterocycles. The van der Waals surface area contributed by atoms with Gasteiger partial charge in [0.2, 0.25) is 0 Å². The van der Waals surface area contributed by atoms with Crippen LogP contribution in [0.2, 0.25) is 0 Å². The molecule has 0 spiro atoms. The van der Waals surface area contributed by atoms with Crippen LogP contribution in [0, 0.1) is 5.92 Å². The van der Waals surface area contributed by atoms with Crippen LogP contribution in [-0.4, -0.2) is 6.10 Å². The van der Waals surface area contributed by atoms with Crippen LogP contribution in [0.5, 0.6) is 5.75 Å². The first-order chi connectivity index (χ1) is 7.61. The molecule has 2 rings (SSSR count). The number of hydrogen-bond donors (Lipinski definition) is 0. The van der Waals surface area contributed by atoms with Gasteiger partial charge < -0.3 is 4.74 Å². The van der Waals surface area contributed by atoms with Crippen molar-refractivity contribution in [3.8, 4) is 5.75 Å². The molecule has 1 aliphatic rings. The summed E-state index contributed by atoms with van der Waals surface area (Å²) < 4.78 is 5.69. The topological polar surface area (TPSA) is 9.23 Å². The van der Waals surface area contributed by atoms with Gasteiger partial charge in [-0.2, -0.15) is 0 Å². The fraction of sp³-hybridized carbons (Fsp3) is 0.571. The molecule has 1 heterocycles. The van der Waals surface area contributed by atoms with Crippen LogP contribution in [0.3, 0.4) is 0 Å². The Morgan fingerprint density at radius 1 is 1.50 bits per heavy atom. The van der Waals surface area contributed by atoms with Crippen molar-refractivity contribution in [2.24, 2.45) is 5.92 Å². The summed E-state index contributed by atoms with van der Waals surface area (Å²) in [4.78, 5) is 0. The molecule has 88 valence electrons. The van der Waals surface area contributed by atoms with Gasteiger partial charge in [0.25, 0.3) is 0 Å². The van der Waals surface area contributed by atoms with E-state index in [0.717, 1.165) is 18.6 Å². The second kappa shape index (κ2) is 4.67. The molecule has 0 saturated carbocycles. The Kier molecular flexibility index (Phi) is 3.44. The fourth-order valence-corrected chi connectivity index (χ4v) is 2.46. The third-order valence-corrected chi connectivity index (χ3v) is 4.06. The van der Waals surface area contributed by atoms with Crippen LogP contribution in [-0.2, 0) is 6.42 Å². The number of hydrogen-bond acceptors (Lipinski definition) is 1. The quantitative estimate of drug-likeness (QED) is 0.712. The Hall–Kier alpha value is -0.690. The molecule has 0 N–H and O–H groups in total. The zero-order valence-electron chi connectivity index (χ0n) is 10.2. The van der Waals surface area contributed by atoms with Crippen molar-refractivity contribution in [3.05, 3.63) is 29.3 Å². The van der Waals surface area contributed by atoms with E-state index in [-0.39, 0.29) is 5.38 Å². The van der Waals surface area contributed by atoms with E-state index in [2.05, 4.69) is 39.0 Å². The normalized spacial score (nSPS) is 22.4. The molecule has 1 nitrogen and oxygen atoms in total. The van der Waals surface area contributed by atoms with Gasteiger partial charge >= 0.3 is 0 Å². The predicted molar refractivity (Wildman–Crippen MR) is 68.3 cm³/mol. The van der Waals surface area contributed by atoms with Crippen LogP contribution < -0.4 is 4.74 Å². The molecule has 1 aromatic rings. The Bertz CT molecular complexity index is 375. The lowest BCUT2D eigenvalue weighted by molar-refractivity contribution is 0.254. The Labute approximate surface area is 103 Å². The van der Waals surface area contributed by atoms with E-state index in [4.69, 9.17) is 16.3 Å². The van der Waals surface area contributed by atoms with Crippen molar-refractivity contribution in [3.63, 3.8) is 0 Å². The Morgan fingerprint density at radius 2 is 2.25 bits per heavy atom. The fourth-order valence-electron chi connectivity index (χ4n) is 2.15. The molecule has 1 aromatic carbocycles. The van der Waals surface area contributed by atoms with E-state index in [1.165, 1.54) is 11.1 Å². The second-order valence-corrected chi connectivity index (χ2v) is 5.26. The summed E-state index contributed by atoms with van der Waals surface area (Å²) in [6, 6.07) is 6.37. The molecule has 0 fully saturated rings. The molecule has 0 aliphatic carbocycles. The summed E-state index contributed by atoms with van der Waals surface area (Å²) in [5, 5.41) is 0.117. The zero-order chi connectivity index (χ0) is 11.7. The Morgan fingerprint density at radius 3 is 2.94 bits per heavy atom. The van der Waals surface area contributed by atoms with Crippen molar-refractivity contribution < 1.29 is 4.74 Å². The number of ether oxygens (including phenoxy) is 1. The number of benzene rings is 1. The van der Waals surface area contributed by atoms with Gasteiger partial charge in [-0.25, -0.2) is 0 Å². The standard InChI is InChI=1S/C14H19ClO/c1-4-9(2)14(15)11-5-6-13-12(8-11)7-10(3)16-13/h5-6,8-10,14H,4,7H2,1-3H3. The summed E-state index contributed by atoms with van der Waals surface area (Å²) >= 11 is 6.45. The van der Waals surface area contributed by atoms with E-state index >= 15 is 0 Å². The average molecular weight is 239 g/mol. The van der Waals surface area contributed by atoms with Gasteiger partial charge in [-0.1, -0.05) is 32.4 Å². The maximum Gasteiger partial charge on any atom is 0.123 e. The summed E-state index contributed by atoms with van der Waals surface area (Å²) in [6.07, 6.45) is 2.42. The molecule has 0 bridgehead atoms.